The van der Waals surface area contributed by atoms with Crippen LogP contribution in [0.1, 0.15) is 265 Å². The second kappa shape index (κ2) is 48.8. The number of unbranched alkanes of at least 4 members (excludes halogenated alkanes) is 30. The van der Waals surface area contributed by atoms with Gasteiger partial charge in [0.2, 0.25) is 5.91 Å². The average Bonchev–Trinajstić information content (AvgIpc) is 3.25. The number of carbonyl (C=O) groups is 2. The van der Waals surface area contributed by atoms with Crippen LogP contribution >= 0.6 is 0 Å². The summed E-state index contributed by atoms with van der Waals surface area (Å²) in [6, 6.07) is -0.708. The molecule has 0 aliphatic rings. The van der Waals surface area contributed by atoms with E-state index in [4.69, 9.17) is 4.74 Å². The molecule has 61 heavy (non-hydrogen) atoms. The molecule has 0 aliphatic heterocycles. The van der Waals surface area contributed by atoms with Crippen molar-refractivity contribution in [2.45, 2.75) is 283 Å². The molecular formula is C55H101NO5. The zero-order valence-electron chi connectivity index (χ0n) is 40.5. The Balaban J connectivity index is 4.61. The number of allylic oxidation sites excluding steroid dienone is 8. The van der Waals surface area contributed by atoms with Gasteiger partial charge in [-0.15, -0.1) is 0 Å². The second-order valence-corrected chi connectivity index (χ2v) is 18.0. The molecule has 0 heterocycles. The van der Waals surface area contributed by atoms with Crippen molar-refractivity contribution in [1.82, 2.24) is 5.32 Å². The minimum atomic E-state index is -0.793. The summed E-state index contributed by atoms with van der Waals surface area (Å²) in [5, 5.41) is 23.8. The first-order valence-electron chi connectivity index (χ1n) is 26.4. The predicted octanol–water partition coefficient (Wildman–Crippen LogP) is 15.8. The van der Waals surface area contributed by atoms with Crippen LogP contribution in [0.25, 0.3) is 0 Å². The minimum Gasteiger partial charge on any atom is -0.462 e. The molecule has 0 fully saturated rings. The van der Waals surface area contributed by atoms with Crippen LogP contribution in [-0.4, -0.2) is 46.9 Å². The molecule has 0 aromatic heterocycles. The highest BCUT2D eigenvalue weighted by atomic mass is 16.5. The minimum absolute atomic E-state index is 0.0643. The lowest BCUT2D eigenvalue weighted by molar-refractivity contribution is -0.151. The van der Waals surface area contributed by atoms with E-state index >= 15 is 0 Å². The van der Waals surface area contributed by atoms with Crippen molar-refractivity contribution in [3.05, 3.63) is 48.6 Å². The Morgan fingerprint density at radius 3 is 1.33 bits per heavy atom. The van der Waals surface area contributed by atoms with E-state index in [1.54, 1.807) is 0 Å². The topological polar surface area (TPSA) is 95.9 Å². The van der Waals surface area contributed by atoms with Crippen LogP contribution in [0.3, 0.4) is 0 Å². The third kappa shape index (κ3) is 44.2. The van der Waals surface area contributed by atoms with Gasteiger partial charge in [-0.25, -0.2) is 0 Å². The van der Waals surface area contributed by atoms with Gasteiger partial charge in [-0.2, -0.15) is 0 Å². The molecule has 0 bridgehead atoms. The Morgan fingerprint density at radius 1 is 0.492 bits per heavy atom. The molecule has 0 rings (SSSR count). The first kappa shape index (κ1) is 58.8. The van der Waals surface area contributed by atoms with Crippen molar-refractivity contribution in [2.24, 2.45) is 0 Å². The van der Waals surface area contributed by atoms with Gasteiger partial charge >= 0.3 is 5.97 Å². The van der Waals surface area contributed by atoms with E-state index in [1.165, 1.54) is 154 Å². The number of esters is 1. The molecule has 6 heteroatoms. The Kier molecular flexibility index (Phi) is 47.1. The summed E-state index contributed by atoms with van der Waals surface area (Å²) in [6.07, 6.45) is 58.8. The number of nitrogens with one attached hydrogen (secondary N) is 1. The van der Waals surface area contributed by atoms with E-state index in [1.807, 2.05) is 24.3 Å². The summed E-state index contributed by atoms with van der Waals surface area (Å²) < 4.78 is 5.92. The average molecular weight is 856 g/mol. The third-order valence-electron chi connectivity index (χ3n) is 12.0. The molecule has 1 amide bonds. The van der Waals surface area contributed by atoms with Crippen LogP contribution in [0.15, 0.2) is 48.6 Å². The third-order valence-corrected chi connectivity index (χ3v) is 12.0. The molecule has 0 aromatic rings. The number of aliphatic hydroxyl groups is 2. The van der Waals surface area contributed by atoms with Crippen LogP contribution < -0.4 is 5.32 Å². The number of aliphatic hydroxyl groups excluding tert-OH is 2. The fourth-order valence-electron chi connectivity index (χ4n) is 8.03. The fourth-order valence-corrected chi connectivity index (χ4v) is 8.03. The zero-order valence-corrected chi connectivity index (χ0v) is 40.5. The quantitative estimate of drug-likeness (QED) is 0.0322. The summed E-state index contributed by atoms with van der Waals surface area (Å²) in [7, 11) is 0. The lowest BCUT2D eigenvalue weighted by atomic mass is 10.0. The SMILES string of the molecule is CC/C=C/C=C/C=C\C=C/CCCCCC(=O)OC(CCCCCCCCCCCCCCCCCC)CC(=O)NC(CO)C(O)CCCCCCCCCCCCCCC. The van der Waals surface area contributed by atoms with Gasteiger partial charge in [-0.1, -0.05) is 256 Å². The first-order chi connectivity index (χ1) is 30.0. The largest absolute Gasteiger partial charge is 0.462 e. The molecule has 3 unspecified atom stereocenters. The zero-order chi connectivity index (χ0) is 44.5. The fraction of sp³-hybridized carbons (Fsp3) is 0.818. The number of ether oxygens (including phenoxy) is 1. The van der Waals surface area contributed by atoms with E-state index in [9.17, 15) is 19.8 Å². The molecule has 356 valence electrons. The highest BCUT2D eigenvalue weighted by molar-refractivity contribution is 5.77. The van der Waals surface area contributed by atoms with Gasteiger partial charge in [0.25, 0.3) is 0 Å². The lowest BCUT2D eigenvalue weighted by Gasteiger charge is -2.24. The second-order valence-electron chi connectivity index (χ2n) is 18.0. The molecule has 3 N–H and O–H groups in total. The molecule has 0 saturated heterocycles. The monoisotopic (exact) mass is 856 g/mol. The number of carbonyl (C=O) groups excluding carboxylic acids is 2. The smallest absolute Gasteiger partial charge is 0.306 e. The van der Waals surface area contributed by atoms with E-state index in [0.29, 0.717) is 19.3 Å². The van der Waals surface area contributed by atoms with Crippen LogP contribution in [0.4, 0.5) is 0 Å². The summed E-state index contributed by atoms with van der Waals surface area (Å²) in [4.78, 5) is 26.1. The number of amides is 1. The van der Waals surface area contributed by atoms with Crippen molar-refractivity contribution in [1.29, 1.82) is 0 Å². The van der Waals surface area contributed by atoms with Crippen molar-refractivity contribution in [3.8, 4) is 0 Å². The predicted molar refractivity (Wildman–Crippen MR) is 264 cm³/mol. The highest BCUT2D eigenvalue weighted by Crippen LogP contribution is 2.18. The molecule has 0 aliphatic carbocycles. The first-order valence-corrected chi connectivity index (χ1v) is 26.4. The van der Waals surface area contributed by atoms with E-state index < -0.39 is 18.2 Å². The van der Waals surface area contributed by atoms with Crippen LogP contribution in [0.5, 0.6) is 0 Å². The van der Waals surface area contributed by atoms with Crippen LogP contribution in [0.2, 0.25) is 0 Å². The Morgan fingerprint density at radius 2 is 0.885 bits per heavy atom. The standard InChI is InChI=1S/C55H101NO5/c1-4-7-10-13-16-19-22-25-26-27-30-31-34-37-40-43-46-51(61-55(60)48-45-42-39-36-33-29-24-21-18-15-12-9-6-3)49-54(59)56-52(50-57)53(58)47-44-41-38-35-32-28-23-20-17-14-11-8-5-2/h9,12,15,18,21,24,29,33,51-53,57-58H,4-8,10-11,13-14,16-17,19-20,22-23,25-28,30-32,34-50H2,1-3H3,(H,56,59)/b12-9+,18-15+,24-21-,33-29-. The summed E-state index contributed by atoms with van der Waals surface area (Å²) in [5.74, 6) is -0.510. The van der Waals surface area contributed by atoms with Gasteiger partial charge < -0.3 is 20.3 Å². The molecule has 3 atom stereocenters. The summed E-state index contributed by atoms with van der Waals surface area (Å²) >= 11 is 0. The molecule has 0 radical (unpaired) electrons. The Bertz CT molecular complexity index is 1050. The lowest BCUT2D eigenvalue weighted by Crippen LogP contribution is -2.46. The molecule has 0 spiro atoms. The maximum absolute atomic E-state index is 13.2. The maximum Gasteiger partial charge on any atom is 0.306 e. The molecule has 0 aromatic carbocycles. The van der Waals surface area contributed by atoms with Gasteiger partial charge in [-0.05, 0) is 44.9 Å². The van der Waals surface area contributed by atoms with Crippen LogP contribution in [0, 0.1) is 0 Å². The Labute approximate surface area is 378 Å². The number of hydrogen-bond donors (Lipinski definition) is 3. The van der Waals surface area contributed by atoms with Gasteiger partial charge in [0, 0.05) is 6.42 Å². The normalized spacial score (nSPS) is 13.6. The van der Waals surface area contributed by atoms with Gasteiger partial charge in [0.05, 0.1) is 25.2 Å². The molecular weight excluding hydrogens is 755 g/mol. The highest BCUT2D eigenvalue weighted by Gasteiger charge is 2.24. The number of rotatable bonds is 47. The van der Waals surface area contributed by atoms with E-state index in [-0.39, 0.29) is 24.9 Å². The maximum atomic E-state index is 13.2. The van der Waals surface area contributed by atoms with E-state index in [2.05, 4.69) is 50.4 Å². The van der Waals surface area contributed by atoms with Crippen molar-refractivity contribution in [2.75, 3.05) is 6.61 Å². The van der Waals surface area contributed by atoms with Gasteiger partial charge in [0.15, 0.2) is 0 Å². The summed E-state index contributed by atoms with van der Waals surface area (Å²) in [6.45, 7) is 6.35. The Hall–Kier alpha value is -2.18. The van der Waals surface area contributed by atoms with Crippen LogP contribution in [-0.2, 0) is 14.3 Å². The van der Waals surface area contributed by atoms with Gasteiger partial charge in [0.1, 0.15) is 6.10 Å². The van der Waals surface area contributed by atoms with Crippen molar-refractivity contribution < 1.29 is 24.5 Å². The van der Waals surface area contributed by atoms with Gasteiger partial charge in [-0.3, -0.25) is 9.59 Å². The molecule has 6 nitrogen and oxygen atoms in total. The number of hydrogen-bond acceptors (Lipinski definition) is 5. The summed E-state index contributed by atoms with van der Waals surface area (Å²) in [5.41, 5.74) is 0. The molecule has 0 saturated carbocycles. The van der Waals surface area contributed by atoms with E-state index in [0.717, 1.165) is 64.2 Å². The van der Waals surface area contributed by atoms with Crippen molar-refractivity contribution in [3.63, 3.8) is 0 Å². The van der Waals surface area contributed by atoms with Crippen molar-refractivity contribution >= 4 is 11.9 Å².